The number of carbonyl (C=O) groups excluding carboxylic acids is 8. The second-order valence-electron chi connectivity index (χ2n) is 26.2. The fraction of sp³-hybridized carbons (Fsp3) is 0.444. The number of cyclic esters (lactones) is 1. The van der Waals surface area contributed by atoms with Crippen molar-refractivity contribution in [1.29, 1.82) is 0 Å². The Kier molecular flexibility index (Phi) is 19.6. The molecule has 0 radical (unpaired) electrons. The number of hydrogen-bond acceptors (Lipinski definition) is 18. The number of pyridine rings is 2. The molecule has 1 fully saturated rings. The number of ether oxygens (including phenoxy) is 8. The molecular weight excluding hydrogens is 1210 g/mol. The summed E-state index contributed by atoms with van der Waals surface area (Å²) in [4.78, 5) is 133. The van der Waals surface area contributed by atoms with Gasteiger partial charge in [0.2, 0.25) is 17.8 Å². The van der Waals surface area contributed by atoms with Gasteiger partial charge in [0.1, 0.15) is 30.1 Å². The van der Waals surface area contributed by atoms with Gasteiger partial charge in [0.15, 0.2) is 18.0 Å². The van der Waals surface area contributed by atoms with Crippen LogP contribution in [0.2, 0.25) is 0 Å². The summed E-state index contributed by atoms with van der Waals surface area (Å²) in [7, 11) is 1.18. The van der Waals surface area contributed by atoms with E-state index in [4.69, 9.17) is 42.9 Å². The quantitative estimate of drug-likeness (QED) is 0.0530. The van der Waals surface area contributed by atoms with E-state index in [0.29, 0.717) is 23.3 Å². The maximum atomic E-state index is 15.3. The standard InChI is InChI=1S/C72H81N5O17/c1-14-72(54-33-56-60-51(34-77(56)64(81)53(54)36-88-68(72)84)48(49-25-19-20-26-55(49)74-60)29-30-76(38(4)5)70(86)94-71(10,11)12)93-65(82)50-28-27-43(32-58(50)91-67-62(90-42(9)78)41(8)40(7)61(92-67)66(83)87-13)73-63(80)39(6)31-57(79)59(37(2)3)75-69(85)89-35-52-46-23-17-15-21-44(46)45-22-16-18-24-47(45)52/h15-28,32-33,37-41,52,59,61-62,67H,14,29-31,34-36H2,1-13H3,(H,73,80)(H,75,85)/t39-,40+,41+,59+,61+,62-,67-,72+/m1/s1. The molecule has 2 aromatic heterocycles. The Labute approximate surface area is 545 Å². The van der Waals surface area contributed by atoms with E-state index in [2.05, 4.69) is 10.6 Å². The van der Waals surface area contributed by atoms with Crippen LogP contribution in [0.5, 0.6) is 5.75 Å². The number of benzene rings is 4. The highest BCUT2D eigenvalue weighted by atomic mass is 16.7. The molecular formula is C72H81N5O17. The Morgan fingerprint density at radius 2 is 1.52 bits per heavy atom. The predicted molar refractivity (Wildman–Crippen MR) is 345 cm³/mol. The smallest absolute Gasteiger partial charge is 0.410 e. The Morgan fingerprint density at radius 3 is 2.16 bits per heavy atom. The van der Waals surface area contributed by atoms with Gasteiger partial charge in [-0.15, -0.1) is 0 Å². The highest BCUT2D eigenvalue weighted by Gasteiger charge is 2.52. The van der Waals surface area contributed by atoms with E-state index in [1.165, 1.54) is 39.2 Å². The molecule has 94 heavy (non-hydrogen) atoms. The number of aromatic nitrogens is 2. The van der Waals surface area contributed by atoms with Crippen molar-refractivity contribution in [2.75, 3.05) is 25.6 Å². The fourth-order valence-corrected chi connectivity index (χ4v) is 13.1. The number of nitrogens with zero attached hydrogens (tertiary/aromatic N) is 3. The van der Waals surface area contributed by atoms with Crippen LogP contribution < -0.4 is 20.9 Å². The molecule has 1 saturated heterocycles. The SMILES string of the molecule is CC[C@@]1(OC(=O)c2ccc(NC(=O)[C@H](C)CC(=O)[C@@H](NC(=O)OCC3c4ccccc4-c4ccccc43)C(C)C)cc2O[C@@H]2O[C@H](C(=O)OC)[C@@H](C)[C@H](C)[C@H]2OC(C)=O)C(=O)OCc2c1cc1n(c2=O)Cc2c-1nc1ccccc1c2CCN(C(=O)OC(C)(C)C)C(C)C. The third-order valence-corrected chi connectivity index (χ3v) is 18.2. The number of ketones is 1. The number of carbonyl (C=O) groups is 8. The number of methoxy groups -OCH3 is 1. The molecule has 4 aromatic carbocycles. The minimum atomic E-state index is -2.26. The van der Waals surface area contributed by atoms with E-state index in [9.17, 15) is 38.4 Å². The second kappa shape index (κ2) is 27.3. The summed E-state index contributed by atoms with van der Waals surface area (Å²) in [5, 5.41) is 6.35. The largest absolute Gasteiger partial charge is 0.467 e. The van der Waals surface area contributed by atoms with E-state index in [1.54, 1.807) is 70.9 Å². The Balaban J connectivity index is 0.940. The van der Waals surface area contributed by atoms with Crippen LogP contribution in [0.15, 0.2) is 102 Å². The van der Waals surface area contributed by atoms with Gasteiger partial charge in [-0.2, -0.15) is 0 Å². The van der Waals surface area contributed by atoms with Crippen molar-refractivity contribution in [1.82, 2.24) is 19.8 Å². The van der Waals surface area contributed by atoms with Gasteiger partial charge >= 0.3 is 36.1 Å². The van der Waals surface area contributed by atoms with Crippen molar-refractivity contribution in [3.63, 3.8) is 0 Å². The van der Waals surface area contributed by atoms with Crippen molar-refractivity contribution in [3.8, 4) is 28.3 Å². The molecule has 22 heteroatoms. The third-order valence-electron chi connectivity index (χ3n) is 18.2. The Hall–Kier alpha value is -9.44. The molecule has 0 saturated carbocycles. The number of nitrogens with one attached hydrogen (secondary N) is 2. The van der Waals surface area contributed by atoms with Crippen LogP contribution in [-0.4, -0.2) is 119 Å². The van der Waals surface area contributed by atoms with Crippen LogP contribution in [0.3, 0.4) is 0 Å². The zero-order valence-electron chi connectivity index (χ0n) is 55.2. The first-order chi connectivity index (χ1) is 44.6. The van der Waals surface area contributed by atoms with E-state index < -0.39 is 119 Å². The summed E-state index contributed by atoms with van der Waals surface area (Å²) >= 11 is 0. The van der Waals surface area contributed by atoms with Crippen molar-refractivity contribution in [3.05, 3.63) is 146 Å². The van der Waals surface area contributed by atoms with Gasteiger partial charge in [0.05, 0.1) is 42.2 Å². The van der Waals surface area contributed by atoms with Crippen LogP contribution >= 0.6 is 0 Å². The summed E-state index contributed by atoms with van der Waals surface area (Å²) in [6.07, 6.45) is -5.49. The molecule has 8 atom stereocenters. The number of amides is 3. The van der Waals surface area contributed by atoms with Crippen molar-refractivity contribution < 1.29 is 76.3 Å². The summed E-state index contributed by atoms with van der Waals surface area (Å²) in [6.45, 7) is 20.4. The van der Waals surface area contributed by atoms with Gasteiger partial charge in [0.25, 0.3) is 5.56 Å². The lowest BCUT2D eigenvalue weighted by Crippen LogP contribution is -2.55. The summed E-state index contributed by atoms with van der Waals surface area (Å²) in [5.74, 6) is -7.83. The van der Waals surface area contributed by atoms with Gasteiger partial charge < -0.3 is 58.0 Å². The Morgan fingerprint density at radius 1 is 0.851 bits per heavy atom. The summed E-state index contributed by atoms with van der Waals surface area (Å²) < 4.78 is 48.8. The van der Waals surface area contributed by atoms with Gasteiger partial charge in [0, 0.05) is 72.0 Å². The zero-order valence-corrected chi connectivity index (χ0v) is 55.2. The number of hydrogen-bond donors (Lipinski definition) is 2. The monoisotopic (exact) mass is 1290 g/mol. The lowest BCUT2D eigenvalue weighted by atomic mass is 9.83. The van der Waals surface area contributed by atoms with Crippen molar-refractivity contribution >= 4 is 64.3 Å². The summed E-state index contributed by atoms with van der Waals surface area (Å²) in [5.41, 5.74) is 3.48. The molecule has 5 heterocycles. The predicted octanol–water partition coefficient (Wildman–Crippen LogP) is 10.7. The van der Waals surface area contributed by atoms with Crippen LogP contribution in [0.1, 0.15) is 146 Å². The van der Waals surface area contributed by atoms with E-state index in [-0.39, 0.29) is 72.6 Å². The average molecular weight is 1290 g/mol. The highest BCUT2D eigenvalue weighted by molar-refractivity contribution is 6.00. The van der Waals surface area contributed by atoms with Crippen molar-refractivity contribution in [2.24, 2.45) is 23.7 Å². The molecule has 0 bridgehead atoms. The first-order valence-corrected chi connectivity index (χ1v) is 31.9. The first kappa shape index (κ1) is 67.4. The maximum Gasteiger partial charge on any atom is 0.410 e. The molecule has 0 unspecified atom stereocenters. The average Bonchev–Trinajstić information content (AvgIpc) is 1.45. The topological polar surface area (TPSA) is 273 Å². The lowest BCUT2D eigenvalue weighted by molar-refractivity contribution is -0.248. The van der Waals surface area contributed by atoms with Gasteiger partial charge in [-0.3, -0.25) is 19.2 Å². The molecule has 22 nitrogen and oxygen atoms in total. The number of esters is 4. The third kappa shape index (κ3) is 13.4. The molecule has 3 amide bonds. The molecule has 1 aliphatic carbocycles. The van der Waals surface area contributed by atoms with E-state index in [0.717, 1.165) is 38.8 Å². The lowest BCUT2D eigenvalue weighted by Gasteiger charge is -2.42. The zero-order chi connectivity index (χ0) is 67.8. The Bertz CT molecular complexity index is 4010. The maximum absolute atomic E-state index is 15.3. The molecule has 6 aromatic rings. The minimum absolute atomic E-state index is 0.0250. The highest BCUT2D eigenvalue weighted by Crippen LogP contribution is 2.46. The van der Waals surface area contributed by atoms with E-state index >= 15 is 4.79 Å². The van der Waals surface area contributed by atoms with Crippen LogP contribution in [0.4, 0.5) is 15.3 Å². The fourth-order valence-electron chi connectivity index (χ4n) is 13.1. The molecule has 496 valence electrons. The first-order valence-electron chi connectivity index (χ1n) is 31.9. The second-order valence-corrected chi connectivity index (χ2v) is 26.2. The van der Waals surface area contributed by atoms with Gasteiger partial charge in [-0.05, 0) is 111 Å². The number of anilines is 1. The molecule has 4 aliphatic rings. The molecule has 2 N–H and O–H groups in total. The summed E-state index contributed by atoms with van der Waals surface area (Å²) in [6, 6.07) is 27.6. The van der Waals surface area contributed by atoms with Gasteiger partial charge in [-0.25, -0.2) is 29.0 Å². The number of fused-ring (bicyclic) bond motifs is 8. The van der Waals surface area contributed by atoms with Gasteiger partial charge in [-0.1, -0.05) is 108 Å². The molecule has 0 spiro atoms. The molecule has 3 aliphatic heterocycles. The number of rotatable bonds is 20. The van der Waals surface area contributed by atoms with E-state index in [1.807, 2.05) is 86.6 Å². The van der Waals surface area contributed by atoms with Crippen molar-refractivity contribution in [2.45, 2.75) is 163 Å². The van der Waals surface area contributed by atoms with Crippen LogP contribution in [0.25, 0.3) is 33.4 Å². The van der Waals surface area contributed by atoms with Crippen LogP contribution in [0, 0.1) is 23.7 Å². The molecule has 10 rings (SSSR count). The van der Waals surface area contributed by atoms with Crippen LogP contribution in [-0.2, 0) is 82.3 Å². The minimum Gasteiger partial charge on any atom is -0.467 e. The number of para-hydroxylation sites is 1. The number of Topliss-reactive ketones (excluding diaryl/α,β-unsaturated/α-hetero) is 1. The normalized spacial score (nSPS) is 20.1. The number of alkyl carbamates (subject to hydrolysis) is 1.